The quantitative estimate of drug-likeness (QED) is 0.874. The highest BCUT2D eigenvalue weighted by Crippen LogP contribution is 2.36. The molecule has 112 valence electrons. The Hall–Kier alpha value is -1.75. The van der Waals surface area contributed by atoms with Crippen LogP contribution in [-0.2, 0) is 4.79 Å². The Morgan fingerprint density at radius 2 is 2.05 bits per heavy atom. The first-order valence-electron chi connectivity index (χ1n) is 7.74. The molecule has 2 saturated heterocycles. The zero-order valence-corrected chi connectivity index (χ0v) is 12.3. The van der Waals surface area contributed by atoms with E-state index in [0.717, 1.165) is 29.2 Å². The lowest BCUT2D eigenvalue weighted by molar-refractivity contribution is -0.118. The van der Waals surface area contributed by atoms with Gasteiger partial charge in [-0.05, 0) is 50.9 Å². The first-order chi connectivity index (χ1) is 10.2. The third kappa shape index (κ3) is 2.35. The fourth-order valence-corrected chi connectivity index (χ4v) is 3.94. The minimum atomic E-state index is -0.0861. The maximum absolute atomic E-state index is 11.4. The maximum Gasteiger partial charge on any atom is 0.262 e. The molecule has 2 fully saturated rings. The van der Waals surface area contributed by atoms with Crippen molar-refractivity contribution in [3.05, 3.63) is 18.2 Å². The maximum atomic E-state index is 11.4. The summed E-state index contributed by atoms with van der Waals surface area (Å²) < 4.78 is 5.39. The monoisotopic (exact) mass is 287 g/mol. The molecule has 2 atom stereocenters. The van der Waals surface area contributed by atoms with Crippen LogP contribution in [0.2, 0.25) is 0 Å². The summed E-state index contributed by atoms with van der Waals surface area (Å²) in [7, 11) is 2.25. The number of carbonyl (C=O) groups excluding carboxylic acids is 1. The van der Waals surface area contributed by atoms with Gasteiger partial charge in [0.05, 0.1) is 5.69 Å². The van der Waals surface area contributed by atoms with Gasteiger partial charge in [0, 0.05) is 23.8 Å². The Balaban J connectivity index is 1.48. The van der Waals surface area contributed by atoms with E-state index in [1.807, 2.05) is 18.2 Å². The van der Waals surface area contributed by atoms with Crippen LogP contribution in [-0.4, -0.2) is 42.6 Å². The van der Waals surface area contributed by atoms with E-state index in [0.29, 0.717) is 6.04 Å². The van der Waals surface area contributed by atoms with Gasteiger partial charge in [0.15, 0.2) is 6.61 Å². The molecular formula is C16H21N3O2. The van der Waals surface area contributed by atoms with Crippen molar-refractivity contribution < 1.29 is 9.53 Å². The summed E-state index contributed by atoms with van der Waals surface area (Å²) in [4.78, 5) is 13.9. The van der Waals surface area contributed by atoms with Crippen LogP contribution in [0.1, 0.15) is 25.7 Å². The van der Waals surface area contributed by atoms with Gasteiger partial charge in [-0.15, -0.1) is 0 Å². The van der Waals surface area contributed by atoms with Crippen molar-refractivity contribution in [2.45, 2.75) is 43.8 Å². The molecule has 1 aromatic rings. The van der Waals surface area contributed by atoms with Crippen LogP contribution in [0.5, 0.6) is 5.75 Å². The molecule has 2 N–H and O–H groups in total. The summed E-state index contributed by atoms with van der Waals surface area (Å²) in [6, 6.07) is 7.92. The van der Waals surface area contributed by atoms with Gasteiger partial charge in [-0.3, -0.25) is 4.79 Å². The molecule has 3 aliphatic rings. The second-order valence-electron chi connectivity index (χ2n) is 6.41. The van der Waals surface area contributed by atoms with Crippen molar-refractivity contribution in [2.24, 2.45) is 0 Å². The van der Waals surface area contributed by atoms with Crippen molar-refractivity contribution in [1.29, 1.82) is 0 Å². The van der Waals surface area contributed by atoms with E-state index in [2.05, 4.69) is 22.6 Å². The summed E-state index contributed by atoms with van der Waals surface area (Å²) in [5.74, 6) is 0.667. The van der Waals surface area contributed by atoms with Gasteiger partial charge in [0.25, 0.3) is 5.91 Å². The molecule has 5 nitrogen and oxygen atoms in total. The standard InChI is InChI=1S/C16H21N3O2/c1-19-12-3-4-13(19)7-11(6-12)17-10-2-5-15-14(8-10)18-16(20)9-21-15/h2,5,8,11-13,17H,3-4,6-7,9H2,1H3,(H,18,20). The normalized spacial score (nSPS) is 31.3. The number of carbonyl (C=O) groups is 1. The summed E-state index contributed by atoms with van der Waals surface area (Å²) in [5.41, 5.74) is 1.83. The molecule has 4 rings (SSSR count). The minimum absolute atomic E-state index is 0.0861. The van der Waals surface area contributed by atoms with Crippen LogP contribution >= 0.6 is 0 Å². The first-order valence-corrected chi connectivity index (χ1v) is 7.74. The zero-order chi connectivity index (χ0) is 14.4. The van der Waals surface area contributed by atoms with Gasteiger partial charge in [0.2, 0.25) is 0 Å². The molecular weight excluding hydrogens is 266 g/mol. The Bertz CT molecular complexity index is 561. The van der Waals surface area contributed by atoms with Crippen molar-refractivity contribution in [3.63, 3.8) is 0 Å². The molecule has 3 aliphatic heterocycles. The Morgan fingerprint density at radius 3 is 2.81 bits per heavy atom. The van der Waals surface area contributed by atoms with Crippen molar-refractivity contribution >= 4 is 17.3 Å². The van der Waals surface area contributed by atoms with Gasteiger partial charge in [-0.25, -0.2) is 0 Å². The molecule has 21 heavy (non-hydrogen) atoms. The molecule has 0 spiro atoms. The number of rotatable bonds is 2. The Kier molecular flexibility index (Phi) is 3.03. The molecule has 0 aromatic heterocycles. The predicted octanol–water partition coefficient (Wildman–Crippen LogP) is 2.05. The smallest absolute Gasteiger partial charge is 0.262 e. The number of benzene rings is 1. The molecule has 0 aliphatic carbocycles. The number of nitrogens with one attached hydrogen (secondary N) is 2. The SMILES string of the molecule is CN1C2CCC1CC(Nc1ccc3c(c1)NC(=O)CO3)C2. The van der Waals surface area contributed by atoms with Crippen LogP contribution in [0.25, 0.3) is 0 Å². The highest BCUT2D eigenvalue weighted by Gasteiger charge is 2.38. The summed E-state index contributed by atoms with van der Waals surface area (Å²) >= 11 is 0. The lowest BCUT2D eigenvalue weighted by atomic mass is 9.97. The molecule has 1 aromatic carbocycles. The van der Waals surface area contributed by atoms with E-state index in [-0.39, 0.29) is 12.5 Å². The lowest BCUT2D eigenvalue weighted by Crippen LogP contribution is -2.44. The number of hydrogen-bond donors (Lipinski definition) is 2. The molecule has 5 heteroatoms. The summed E-state index contributed by atoms with van der Waals surface area (Å²) in [6.07, 6.45) is 5.06. The van der Waals surface area contributed by atoms with E-state index in [4.69, 9.17) is 4.74 Å². The summed E-state index contributed by atoms with van der Waals surface area (Å²) in [5, 5.41) is 6.50. The van der Waals surface area contributed by atoms with Crippen LogP contribution in [0.15, 0.2) is 18.2 Å². The molecule has 2 unspecified atom stereocenters. The highest BCUT2D eigenvalue weighted by atomic mass is 16.5. The minimum Gasteiger partial charge on any atom is -0.482 e. The van der Waals surface area contributed by atoms with Gasteiger partial charge < -0.3 is 20.3 Å². The van der Waals surface area contributed by atoms with Crippen LogP contribution < -0.4 is 15.4 Å². The Labute approximate surface area is 124 Å². The summed E-state index contributed by atoms with van der Waals surface area (Å²) in [6.45, 7) is 0.109. The fraction of sp³-hybridized carbons (Fsp3) is 0.562. The van der Waals surface area contributed by atoms with Crippen LogP contribution in [0, 0.1) is 0 Å². The molecule has 1 amide bonds. The topological polar surface area (TPSA) is 53.6 Å². The average Bonchev–Trinajstić information content (AvgIpc) is 2.70. The number of nitrogens with zero attached hydrogens (tertiary/aromatic N) is 1. The van der Waals surface area contributed by atoms with Gasteiger partial charge >= 0.3 is 0 Å². The number of fused-ring (bicyclic) bond motifs is 3. The number of ether oxygens (including phenoxy) is 1. The van der Waals surface area contributed by atoms with Crippen molar-refractivity contribution in [1.82, 2.24) is 4.90 Å². The second-order valence-corrected chi connectivity index (χ2v) is 6.41. The van der Waals surface area contributed by atoms with E-state index < -0.39 is 0 Å². The third-order valence-electron chi connectivity index (χ3n) is 5.08. The average molecular weight is 287 g/mol. The molecule has 2 bridgehead atoms. The van der Waals surface area contributed by atoms with Gasteiger partial charge in [0.1, 0.15) is 5.75 Å². The number of piperidine rings is 1. The van der Waals surface area contributed by atoms with E-state index >= 15 is 0 Å². The molecule has 0 radical (unpaired) electrons. The largest absolute Gasteiger partial charge is 0.482 e. The van der Waals surface area contributed by atoms with Gasteiger partial charge in [-0.1, -0.05) is 0 Å². The fourth-order valence-electron chi connectivity index (χ4n) is 3.94. The van der Waals surface area contributed by atoms with Crippen LogP contribution in [0.4, 0.5) is 11.4 Å². The third-order valence-corrected chi connectivity index (χ3v) is 5.08. The second kappa shape index (κ2) is 4.91. The molecule has 3 heterocycles. The Morgan fingerprint density at radius 1 is 1.29 bits per heavy atom. The van der Waals surface area contributed by atoms with E-state index in [9.17, 15) is 4.79 Å². The van der Waals surface area contributed by atoms with Gasteiger partial charge in [-0.2, -0.15) is 0 Å². The highest BCUT2D eigenvalue weighted by molar-refractivity contribution is 5.96. The number of amides is 1. The van der Waals surface area contributed by atoms with Crippen molar-refractivity contribution in [2.75, 3.05) is 24.3 Å². The van der Waals surface area contributed by atoms with E-state index in [1.54, 1.807) is 0 Å². The first kappa shape index (κ1) is 13.0. The van der Waals surface area contributed by atoms with E-state index in [1.165, 1.54) is 25.7 Å². The predicted molar refractivity (Wildman–Crippen MR) is 81.8 cm³/mol. The number of hydrogen-bond acceptors (Lipinski definition) is 4. The molecule has 0 saturated carbocycles. The van der Waals surface area contributed by atoms with Crippen molar-refractivity contribution in [3.8, 4) is 5.75 Å². The number of anilines is 2. The lowest BCUT2D eigenvalue weighted by Gasteiger charge is -2.37. The van der Waals surface area contributed by atoms with Crippen LogP contribution in [0.3, 0.4) is 0 Å². The zero-order valence-electron chi connectivity index (χ0n) is 12.3.